The average Bonchev–Trinajstić information content (AvgIpc) is 2.87. The summed E-state index contributed by atoms with van der Waals surface area (Å²) in [5, 5.41) is 13.8. The summed E-state index contributed by atoms with van der Waals surface area (Å²) in [4.78, 5) is 2.48. The van der Waals surface area contributed by atoms with Gasteiger partial charge < -0.3 is 15.2 Å². The molecule has 116 valence electrons. The van der Waals surface area contributed by atoms with E-state index in [0.717, 1.165) is 38.3 Å². The number of hydrogen-bond acceptors (Lipinski definition) is 4. The standard InChI is InChI=1S/C17H26N2O2/c1-2-21-15-5-3-4-14(16(15)20)12-19-11-8-17(13-19)6-9-18-10-7-17/h3-5,18,20H,2,6-13H2,1H3. The van der Waals surface area contributed by atoms with Crippen molar-refractivity contribution < 1.29 is 9.84 Å². The molecule has 4 nitrogen and oxygen atoms in total. The van der Waals surface area contributed by atoms with E-state index in [9.17, 15) is 5.11 Å². The van der Waals surface area contributed by atoms with Gasteiger partial charge in [0.15, 0.2) is 11.5 Å². The first kappa shape index (κ1) is 14.7. The van der Waals surface area contributed by atoms with Gasteiger partial charge >= 0.3 is 0 Å². The lowest BCUT2D eigenvalue weighted by molar-refractivity contribution is 0.193. The van der Waals surface area contributed by atoms with Crippen LogP contribution in [0, 0.1) is 5.41 Å². The van der Waals surface area contributed by atoms with Crippen LogP contribution in [-0.4, -0.2) is 42.8 Å². The molecule has 4 heteroatoms. The smallest absolute Gasteiger partial charge is 0.162 e. The Hall–Kier alpha value is -1.26. The summed E-state index contributed by atoms with van der Waals surface area (Å²) in [5.41, 5.74) is 1.49. The minimum atomic E-state index is 0.311. The highest BCUT2D eigenvalue weighted by Crippen LogP contribution is 2.40. The van der Waals surface area contributed by atoms with Crippen molar-refractivity contribution in [1.29, 1.82) is 0 Å². The summed E-state index contributed by atoms with van der Waals surface area (Å²) < 4.78 is 5.47. The van der Waals surface area contributed by atoms with Crippen LogP contribution in [0.25, 0.3) is 0 Å². The summed E-state index contributed by atoms with van der Waals surface area (Å²) in [7, 11) is 0. The molecule has 0 aromatic heterocycles. The Morgan fingerprint density at radius 1 is 1.29 bits per heavy atom. The fraction of sp³-hybridized carbons (Fsp3) is 0.647. The zero-order valence-electron chi connectivity index (χ0n) is 12.9. The van der Waals surface area contributed by atoms with Crippen LogP contribution >= 0.6 is 0 Å². The molecule has 0 unspecified atom stereocenters. The summed E-state index contributed by atoms with van der Waals surface area (Å²) in [5.74, 6) is 0.913. The lowest BCUT2D eigenvalue weighted by Crippen LogP contribution is -2.38. The van der Waals surface area contributed by atoms with Crippen LogP contribution in [-0.2, 0) is 6.54 Å². The van der Waals surface area contributed by atoms with Crippen molar-refractivity contribution in [2.75, 3.05) is 32.8 Å². The summed E-state index contributed by atoms with van der Waals surface area (Å²) in [6.07, 6.45) is 3.86. The molecule has 1 aromatic rings. The molecular weight excluding hydrogens is 264 g/mol. The molecule has 0 bridgehead atoms. The molecule has 0 aliphatic carbocycles. The zero-order valence-corrected chi connectivity index (χ0v) is 12.9. The second-order valence-corrected chi connectivity index (χ2v) is 6.41. The molecule has 1 aromatic carbocycles. The maximum Gasteiger partial charge on any atom is 0.162 e. The Balaban J connectivity index is 1.66. The molecule has 3 rings (SSSR count). The molecule has 0 radical (unpaired) electrons. The van der Waals surface area contributed by atoms with E-state index in [2.05, 4.69) is 10.2 Å². The summed E-state index contributed by atoms with van der Waals surface area (Å²) in [6.45, 7) is 7.94. The van der Waals surface area contributed by atoms with Crippen LogP contribution in [0.5, 0.6) is 11.5 Å². The van der Waals surface area contributed by atoms with Crippen molar-refractivity contribution in [3.63, 3.8) is 0 Å². The maximum atomic E-state index is 10.3. The normalized spacial score (nSPS) is 21.8. The van der Waals surface area contributed by atoms with Crippen LogP contribution in [0.2, 0.25) is 0 Å². The molecule has 2 saturated heterocycles. The predicted octanol–water partition coefficient (Wildman–Crippen LogP) is 2.37. The topological polar surface area (TPSA) is 44.7 Å². The molecule has 2 aliphatic heterocycles. The number of phenols is 1. The highest BCUT2D eigenvalue weighted by molar-refractivity contribution is 5.45. The lowest BCUT2D eigenvalue weighted by Gasteiger charge is -2.34. The third-order valence-corrected chi connectivity index (χ3v) is 4.96. The van der Waals surface area contributed by atoms with Gasteiger partial charge in [-0.15, -0.1) is 0 Å². The first-order valence-electron chi connectivity index (χ1n) is 8.09. The number of likely N-dealkylation sites (tertiary alicyclic amines) is 1. The monoisotopic (exact) mass is 290 g/mol. The number of aromatic hydroxyl groups is 1. The molecule has 2 N–H and O–H groups in total. The quantitative estimate of drug-likeness (QED) is 0.893. The van der Waals surface area contributed by atoms with E-state index in [4.69, 9.17) is 4.74 Å². The predicted molar refractivity (Wildman–Crippen MR) is 83.7 cm³/mol. The molecule has 1 spiro atoms. The Labute approximate surface area is 127 Å². The van der Waals surface area contributed by atoms with Gasteiger partial charge in [-0.25, -0.2) is 0 Å². The second-order valence-electron chi connectivity index (χ2n) is 6.41. The van der Waals surface area contributed by atoms with Crippen molar-refractivity contribution in [1.82, 2.24) is 10.2 Å². The van der Waals surface area contributed by atoms with Crippen molar-refractivity contribution >= 4 is 0 Å². The minimum Gasteiger partial charge on any atom is -0.504 e. The van der Waals surface area contributed by atoms with Crippen molar-refractivity contribution in [3.8, 4) is 11.5 Å². The largest absolute Gasteiger partial charge is 0.504 e. The summed E-state index contributed by atoms with van der Waals surface area (Å²) >= 11 is 0. The van der Waals surface area contributed by atoms with Crippen LogP contribution in [0.15, 0.2) is 18.2 Å². The first-order valence-corrected chi connectivity index (χ1v) is 8.09. The molecule has 2 fully saturated rings. The number of nitrogens with zero attached hydrogens (tertiary/aromatic N) is 1. The second kappa shape index (κ2) is 6.24. The van der Waals surface area contributed by atoms with E-state index in [1.807, 2.05) is 25.1 Å². The van der Waals surface area contributed by atoms with E-state index >= 15 is 0 Å². The van der Waals surface area contributed by atoms with Crippen LogP contribution in [0.1, 0.15) is 31.7 Å². The van der Waals surface area contributed by atoms with Gasteiger partial charge in [0, 0.05) is 18.7 Å². The van der Waals surface area contributed by atoms with E-state index < -0.39 is 0 Å². The maximum absolute atomic E-state index is 10.3. The highest BCUT2D eigenvalue weighted by Gasteiger charge is 2.38. The molecule has 0 amide bonds. The van der Waals surface area contributed by atoms with Crippen molar-refractivity contribution in [2.24, 2.45) is 5.41 Å². The van der Waals surface area contributed by atoms with Gasteiger partial charge in [0.2, 0.25) is 0 Å². The lowest BCUT2D eigenvalue weighted by atomic mass is 9.78. The number of nitrogens with one attached hydrogen (secondary N) is 1. The number of piperidine rings is 1. The molecule has 0 saturated carbocycles. The number of phenolic OH excluding ortho intramolecular Hbond substituents is 1. The fourth-order valence-corrected chi connectivity index (χ4v) is 3.74. The Morgan fingerprint density at radius 3 is 2.86 bits per heavy atom. The van der Waals surface area contributed by atoms with Gasteiger partial charge in [0.1, 0.15) is 0 Å². The third kappa shape index (κ3) is 3.16. The van der Waals surface area contributed by atoms with Crippen molar-refractivity contribution in [2.45, 2.75) is 32.7 Å². The van der Waals surface area contributed by atoms with Crippen LogP contribution in [0.3, 0.4) is 0 Å². The molecule has 2 heterocycles. The van der Waals surface area contributed by atoms with Crippen LogP contribution < -0.4 is 10.1 Å². The van der Waals surface area contributed by atoms with E-state index in [1.165, 1.54) is 19.3 Å². The van der Waals surface area contributed by atoms with Gasteiger partial charge in [-0.3, -0.25) is 4.90 Å². The minimum absolute atomic E-state index is 0.311. The summed E-state index contributed by atoms with van der Waals surface area (Å²) in [6, 6.07) is 5.81. The molecule has 2 aliphatic rings. The number of hydrogen-bond donors (Lipinski definition) is 2. The number of benzene rings is 1. The average molecular weight is 290 g/mol. The van der Waals surface area contributed by atoms with Gasteiger partial charge in [-0.2, -0.15) is 0 Å². The third-order valence-electron chi connectivity index (χ3n) is 4.96. The Kier molecular flexibility index (Phi) is 4.36. The van der Waals surface area contributed by atoms with E-state index in [-0.39, 0.29) is 0 Å². The highest BCUT2D eigenvalue weighted by atomic mass is 16.5. The molecule has 0 atom stereocenters. The zero-order chi connectivity index (χ0) is 14.7. The van der Waals surface area contributed by atoms with Crippen LogP contribution in [0.4, 0.5) is 0 Å². The molecular formula is C17H26N2O2. The first-order chi connectivity index (χ1) is 10.2. The number of rotatable bonds is 4. The van der Waals surface area contributed by atoms with Gasteiger partial charge in [0.05, 0.1) is 6.61 Å². The number of ether oxygens (including phenoxy) is 1. The number of para-hydroxylation sites is 1. The Morgan fingerprint density at radius 2 is 2.10 bits per heavy atom. The van der Waals surface area contributed by atoms with Gasteiger partial charge in [-0.05, 0) is 57.3 Å². The fourth-order valence-electron chi connectivity index (χ4n) is 3.74. The van der Waals surface area contributed by atoms with E-state index in [0.29, 0.717) is 23.5 Å². The molecule has 21 heavy (non-hydrogen) atoms. The Bertz CT molecular complexity index is 484. The van der Waals surface area contributed by atoms with Gasteiger partial charge in [0.25, 0.3) is 0 Å². The van der Waals surface area contributed by atoms with Gasteiger partial charge in [-0.1, -0.05) is 12.1 Å². The van der Waals surface area contributed by atoms with E-state index in [1.54, 1.807) is 0 Å². The SMILES string of the molecule is CCOc1cccc(CN2CCC3(CCNCC3)C2)c1O. The van der Waals surface area contributed by atoms with Crippen molar-refractivity contribution in [3.05, 3.63) is 23.8 Å².